The minimum Gasteiger partial charge on any atom is -0.360 e. The molecule has 3 aromatic rings. The standard InChI is InChI=1S/C19H18N4O3/c24-17-6-5-16(21-22-17)19(26)23-9-7-12(8-10-23)18(25)14-11-20-15-4-2-1-3-13(14)15/h1-6,11-12,20H,7-10H2,(H,22,24). The van der Waals surface area contributed by atoms with Gasteiger partial charge in [0.25, 0.3) is 11.5 Å². The van der Waals surface area contributed by atoms with E-state index in [9.17, 15) is 14.4 Å². The molecule has 0 spiro atoms. The fraction of sp³-hybridized carbons (Fsp3) is 0.263. The lowest BCUT2D eigenvalue weighted by molar-refractivity contribution is 0.0645. The van der Waals surface area contributed by atoms with Crippen molar-refractivity contribution in [3.63, 3.8) is 0 Å². The molecule has 0 aliphatic carbocycles. The van der Waals surface area contributed by atoms with E-state index in [1.807, 2.05) is 24.3 Å². The number of ketones is 1. The Bertz CT molecular complexity index is 1010. The van der Waals surface area contributed by atoms with Crippen molar-refractivity contribution in [2.75, 3.05) is 13.1 Å². The predicted octanol–water partition coefficient (Wildman–Crippen LogP) is 1.99. The minimum absolute atomic E-state index is 0.0956. The summed E-state index contributed by atoms with van der Waals surface area (Å²) in [6, 6.07) is 10.5. The van der Waals surface area contributed by atoms with Gasteiger partial charge < -0.3 is 9.88 Å². The number of H-pyrrole nitrogens is 2. The van der Waals surface area contributed by atoms with Gasteiger partial charge in [-0.2, -0.15) is 5.10 Å². The normalized spacial score (nSPS) is 15.3. The van der Waals surface area contributed by atoms with Gasteiger partial charge >= 0.3 is 0 Å². The van der Waals surface area contributed by atoms with Gasteiger partial charge in [-0.3, -0.25) is 14.4 Å². The van der Waals surface area contributed by atoms with Crippen molar-refractivity contribution < 1.29 is 9.59 Å². The summed E-state index contributed by atoms with van der Waals surface area (Å²) in [5.74, 6) is -0.197. The average molecular weight is 350 g/mol. The molecule has 26 heavy (non-hydrogen) atoms. The van der Waals surface area contributed by atoms with Gasteiger partial charge in [-0.15, -0.1) is 0 Å². The topological polar surface area (TPSA) is 98.9 Å². The van der Waals surface area contributed by atoms with Crippen molar-refractivity contribution in [3.05, 3.63) is 64.2 Å². The lowest BCUT2D eigenvalue weighted by Crippen LogP contribution is -2.40. The highest BCUT2D eigenvalue weighted by molar-refractivity contribution is 6.09. The Morgan fingerprint density at radius 1 is 1.08 bits per heavy atom. The largest absolute Gasteiger partial charge is 0.360 e. The van der Waals surface area contributed by atoms with Gasteiger partial charge in [-0.05, 0) is 25.0 Å². The number of nitrogens with zero attached hydrogens (tertiary/aromatic N) is 2. The third kappa shape index (κ3) is 2.92. The second-order valence-corrected chi connectivity index (χ2v) is 6.49. The summed E-state index contributed by atoms with van der Waals surface area (Å²) < 4.78 is 0. The zero-order valence-electron chi connectivity index (χ0n) is 14.1. The molecule has 4 rings (SSSR count). The lowest BCUT2D eigenvalue weighted by Gasteiger charge is -2.31. The van der Waals surface area contributed by atoms with Crippen molar-refractivity contribution >= 4 is 22.6 Å². The average Bonchev–Trinajstić information content (AvgIpc) is 3.12. The van der Waals surface area contributed by atoms with Crippen LogP contribution in [-0.2, 0) is 0 Å². The Hall–Kier alpha value is -3.22. The maximum Gasteiger partial charge on any atom is 0.274 e. The van der Waals surface area contributed by atoms with Crippen LogP contribution in [0.3, 0.4) is 0 Å². The molecule has 132 valence electrons. The van der Waals surface area contributed by atoms with Crippen LogP contribution >= 0.6 is 0 Å². The van der Waals surface area contributed by atoms with Crippen molar-refractivity contribution in [1.29, 1.82) is 0 Å². The number of benzene rings is 1. The van der Waals surface area contributed by atoms with Gasteiger partial charge in [-0.25, -0.2) is 5.10 Å². The maximum absolute atomic E-state index is 12.9. The third-order valence-corrected chi connectivity index (χ3v) is 4.91. The van der Waals surface area contributed by atoms with E-state index in [4.69, 9.17) is 0 Å². The summed E-state index contributed by atoms with van der Waals surface area (Å²) >= 11 is 0. The number of likely N-dealkylation sites (tertiary alicyclic amines) is 1. The first-order valence-corrected chi connectivity index (χ1v) is 8.59. The van der Waals surface area contributed by atoms with Crippen molar-refractivity contribution in [2.24, 2.45) is 5.92 Å². The fourth-order valence-corrected chi connectivity index (χ4v) is 3.47. The number of para-hydroxylation sites is 1. The summed E-state index contributed by atoms with van der Waals surface area (Å²) in [6.07, 6.45) is 3.01. The number of Topliss-reactive ketones (excluding diaryl/α,β-unsaturated/α-hetero) is 1. The summed E-state index contributed by atoms with van der Waals surface area (Å²) in [7, 11) is 0. The first-order valence-electron chi connectivity index (χ1n) is 8.59. The molecule has 7 nitrogen and oxygen atoms in total. The molecule has 1 fully saturated rings. The molecule has 1 aliphatic rings. The summed E-state index contributed by atoms with van der Waals surface area (Å²) in [6.45, 7) is 0.997. The number of rotatable bonds is 3. The molecule has 1 saturated heterocycles. The second kappa shape index (κ2) is 6.59. The Morgan fingerprint density at radius 3 is 2.58 bits per heavy atom. The fourth-order valence-electron chi connectivity index (χ4n) is 3.47. The van der Waals surface area contributed by atoms with Crippen LogP contribution in [0, 0.1) is 5.92 Å². The number of piperidine rings is 1. The third-order valence-electron chi connectivity index (χ3n) is 4.91. The lowest BCUT2D eigenvalue weighted by atomic mass is 9.88. The van der Waals surface area contributed by atoms with Crippen LogP contribution in [-0.4, -0.2) is 44.9 Å². The van der Waals surface area contributed by atoms with Gasteiger partial charge in [0, 0.05) is 47.7 Å². The monoisotopic (exact) mass is 350 g/mol. The molecule has 2 N–H and O–H groups in total. The number of nitrogens with one attached hydrogen (secondary N) is 2. The predicted molar refractivity (Wildman–Crippen MR) is 96.1 cm³/mol. The quantitative estimate of drug-likeness (QED) is 0.706. The highest BCUT2D eigenvalue weighted by atomic mass is 16.2. The second-order valence-electron chi connectivity index (χ2n) is 6.49. The van der Waals surface area contributed by atoms with Crippen LogP contribution in [0.25, 0.3) is 10.9 Å². The molecule has 0 unspecified atom stereocenters. The first-order chi connectivity index (χ1) is 12.6. The number of aromatic amines is 2. The molecule has 0 saturated carbocycles. The number of carbonyl (C=O) groups is 2. The Morgan fingerprint density at radius 2 is 1.85 bits per heavy atom. The van der Waals surface area contributed by atoms with Crippen LogP contribution in [0.15, 0.2) is 47.4 Å². The van der Waals surface area contributed by atoms with E-state index in [0.717, 1.165) is 10.9 Å². The SMILES string of the molecule is O=C(c1c[nH]c2ccccc12)C1CCN(C(=O)c2ccc(=O)[nH]n2)CC1. The van der Waals surface area contributed by atoms with Crippen LogP contribution in [0.2, 0.25) is 0 Å². The van der Waals surface area contributed by atoms with Gasteiger partial charge in [0.15, 0.2) is 5.78 Å². The van der Waals surface area contributed by atoms with Gasteiger partial charge in [0.2, 0.25) is 0 Å². The van der Waals surface area contributed by atoms with Crippen LogP contribution in [0.4, 0.5) is 0 Å². The highest BCUT2D eigenvalue weighted by Gasteiger charge is 2.29. The molecule has 0 radical (unpaired) electrons. The van der Waals surface area contributed by atoms with Crippen LogP contribution < -0.4 is 5.56 Å². The maximum atomic E-state index is 12.9. The zero-order valence-corrected chi connectivity index (χ0v) is 14.1. The van der Waals surface area contributed by atoms with E-state index in [-0.39, 0.29) is 28.9 Å². The number of carbonyl (C=O) groups excluding carboxylic acids is 2. The molecule has 2 aromatic heterocycles. The summed E-state index contributed by atoms with van der Waals surface area (Å²) in [5, 5.41) is 6.99. The van der Waals surface area contributed by atoms with Crippen molar-refractivity contribution in [2.45, 2.75) is 12.8 Å². The van der Waals surface area contributed by atoms with Crippen molar-refractivity contribution in [1.82, 2.24) is 20.1 Å². The smallest absolute Gasteiger partial charge is 0.274 e. The number of hydrogen-bond donors (Lipinski definition) is 2. The Kier molecular flexibility index (Phi) is 4.12. The highest BCUT2D eigenvalue weighted by Crippen LogP contribution is 2.26. The molecular formula is C19H18N4O3. The molecule has 0 bridgehead atoms. The molecule has 1 aromatic carbocycles. The van der Waals surface area contributed by atoms with E-state index >= 15 is 0 Å². The number of aromatic nitrogens is 3. The van der Waals surface area contributed by atoms with E-state index in [1.54, 1.807) is 11.1 Å². The van der Waals surface area contributed by atoms with Gasteiger partial charge in [-0.1, -0.05) is 18.2 Å². The molecule has 1 amide bonds. The van der Waals surface area contributed by atoms with Crippen LogP contribution in [0.5, 0.6) is 0 Å². The Balaban J connectivity index is 1.44. The van der Waals surface area contributed by atoms with E-state index < -0.39 is 0 Å². The minimum atomic E-state index is -0.343. The zero-order chi connectivity index (χ0) is 18.1. The number of hydrogen-bond acceptors (Lipinski definition) is 4. The molecule has 3 heterocycles. The molecule has 7 heteroatoms. The Labute approximate surface area is 149 Å². The molecular weight excluding hydrogens is 332 g/mol. The van der Waals surface area contributed by atoms with Crippen molar-refractivity contribution in [3.8, 4) is 0 Å². The number of fused-ring (bicyclic) bond motifs is 1. The van der Waals surface area contributed by atoms with E-state index in [2.05, 4.69) is 15.2 Å². The first kappa shape index (κ1) is 16.3. The van der Waals surface area contributed by atoms with Gasteiger partial charge in [0.1, 0.15) is 5.69 Å². The molecule has 0 atom stereocenters. The summed E-state index contributed by atoms with van der Waals surface area (Å²) in [5.41, 5.74) is 1.54. The van der Waals surface area contributed by atoms with Crippen LogP contribution in [0.1, 0.15) is 33.7 Å². The van der Waals surface area contributed by atoms with E-state index in [1.165, 1.54) is 12.1 Å². The van der Waals surface area contributed by atoms with E-state index in [0.29, 0.717) is 31.5 Å². The van der Waals surface area contributed by atoms with Gasteiger partial charge in [0.05, 0.1) is 0 Å². The molecule has 1 aliphatic heterocycles. The number of amides is 1. The summed E-state index contributed by atoms with van der Waals surface area (Å²) in [4.78, 5) is 41.2.